The second-order valence-corrected chi connectivity index (χ2v) is 4.88. The van der Waals surface area contributed by atoms with Gasteiger partial charge in [0.15, 0.2) is 0 Å². The summed E-state index contributed by atoms with van der Waals surface area (Å²) in [5, 5.41) is 20.2. The number of rotatable bonds is 7. The van der Waals surface area contributed by atoms with E-state index in [0.29, 0.717) is 12.8 Å². The molecule has 1 heterocycles. The van der Waals surface area contributed by atoms with Crippen molar-refractivity contribution in [3.05, 3.63) is 12.2 Å². The first kappa shape index (κ1) is 16.7. The molecule has 4 atom stereocenters. The smallest absolute Gasteiger partial charge is 0.330 e. The maximum Gasteiger partial charge on any atom is 0.330 e. The number of aliphatic hydroxyl groups is 2. The van der Waals surface area contributed by atoms with Gasteiger partial charge >= 0.3 is 11.9 Å². The zero-order valence-electron chi connectivity index (χ0n) is 11.8. The maximum absolute atomic E-state index is 11.1. The van der Waals surface area contributed by atoms with Crippen molar-refractivity contribution < 1.29 is 29.3 Å². The second-order valence-electron chi connectivity index (χ2n) is 4.88. The number of cyclic esters (lactones) is 1. The van der Waals surface area contributed by atoms with Gasteiger partial charge in [0.2, 0.25) is 0 Å². The van der Waals surface area contributed by atoms with Gasteiger partial charge in [0.1, 0.15) is 24.4 Å². The fourth-order valence-electron chi connectivity index (χ4n) is 2.10. The highest BCUT2D eigenvalue weighted by atomic mass is 16.6. The molecule has 0 saturated carbocycles. The van der Waals surface area contributed by atoms with Crippen molar-refractivity contribution in [2.24, 2.45) is 0 Å². The highest BCUT2D eigenvalue weighted by molar-refractivity contribution is 5.82. The van der Waals surface area contributed by atoms with E-state index in [1.807, 2.05) is 6.92 Å². The molecule has 0 aromatic carbocycles. The van der Waals surface area contributed by atoms with E-state index < -0.39 is 36.4 Å². The number of hydrogen-bond donors (Lipinski definition) is 2. The van der Waals surface area contributed by atoms with Gasteiger partial charge in [0.05, 0.1) is 0 Å². The van der Waals surface area contributed by atoms with E-state index in [4.69, 9.17) is 9.47 Å². The number of carbonyl (C=O) groups is 2. The summed E-state index contributed by atoms with van der Waals surface area (Å²) >= 11 is 0. The Hall–Kier alpha value is -1.40. The van der Waals surface area contributed by atoms with Crippen molar-refractivity contribution in [1.29, 1.82) is 0 Å². The standard InChI is InChI=1S/C14H22O6/c1-3-4-6-10(19-9(2)15)13(17)14(18)11-7-5-8-12(16)20-11/h5,8,10-11,13-14,17-18H,3-4,6-7H2,1-2H3/t10-,11-,13-,14+/m0/s1. The van der Waals surface area contributed by atoms with Crippen molar-refractivity contribution in [2.45, 2.75) is 63.9 Å². The van der Waals surface area contributed by atoms with Crippen LogP contribution in [0.2, 0.25) is 0 Å². The lowest BCUT2D eigenvalue weighted by atomic mass is 9.96. The number of unbranched alkanes of at least 4 members (excludes halogenated alkanes) is 1. The average molecular weight is 286 g/mol. The first-order valence-electron chi connectivity index (χ1n) is 6.86. The molecular weight excluding hydrogens is 264 g/mol. The molecule has 0 aromatic rings. The predicted octanol–water partition coefficient (Wildman–Crippen LogP) is 0.702. The summed E-state index contributed by atoms with van der Waals surface area (Å²) in [5.74, 6) is -1.07. The van der Waals surface area contributed by atoms with Crippen LogP contribution in [0.25, 0.3) is 0 Å². The quantitative estimate of drug-likeness (QED) is 0.669. The lowest BCUT2D eigenvalue weighted by Crippen LogP contribution is -2.47. The topological polar surface area (TPSA) is 93.1 Å². The molecule has 1 rings (SSSR count). The predicted molar refractivity (Wildman–Crippen MR) is 70.7 cm³/mol. The molecule has 1 aliphatic rings. The van der Waals surface area contributed by atoms with Crippen LogP contribution in [0.4, 0.5) is 0 Å². The Morgan fingerprint density at radius 2 is 2.25 bits per heavy atom. The monoisotopic (exact) mass is 286 g/mol. The molecule has 0 radical (unpaired) electrons. The summed E-state index contributed by atoms with van der Waals surface area (Å²) in [6.07, 6.45) is 1.08. The van der Waals surface area contributed by atoms with E-state index >= 15 is 0 Å². The third-order valence-corrected chi connectivity index (χ3v) is 3.16. The normalized spacial score (nSPS) is 22.8. The van der Waals surface area contributed by atoms with Gasteiger partial charge in [0.25, 0.3) is 0 Å². The van der Waals surface area contributed by atoms with Crippen LogP contribution in [0.15, 0.2) is 12.2 Å². The fourth-order valence-corrected chi connectivity index (χ4v) is 2.10. The number of ether oxygens (including phenoxy) is 2. The zero-order chi connectivity index (χ0) is 15.1. The second kappa shape index (κ2) is 8.01. The summed E-state index contributed by atoms with van der Waals surface area (Å²) in [7, 11) is 0. The van der Waals surface area contributed by atoms with Crippen molar-refractivity contribution in [2.75, 3.05) is 0 Å². The minimum Gasteiger partial charge on any atom is -0.460 e. The Balaban J connectivity index is 2.66. The van der Waals surface area contributed by atoms with Crippen molar-refractivity contribution in [3.8, 4) is 0 Å². The van der Waals surface area contributed by atoms with E-state index in [0.717, 1.165) is 12.8 Å². The molecular formula is C14H22O6. The minimum absolute atomic E-state index is 0.324. The summed E-state index contributed by atoms with van der Waals surface area (Å²) in [4.78, 5) is 22.2. The Morgan fingerprint density at radius 1 is 1.55 bits per heavy atom. The number of carbonyl (C=O) groups excluding carboxylic acids is 2. The highest BCUT2D eigenvalue weighted by Gasteiger charge is 2.36. The Labute approximate surface area is 118 Å². The zero-order valence-corrected chi connectivity index (χ0v) is 11.8. The fraction of sp³-hybridized carbons (Fsp3) is 0.714. The molecule has 114 valence electrons. The maximum atomic E-state index is 11.1. The van der Waals surface area contributed by atoms with Crippen molar-refractivity contribution in [1.82, 2.24) is 0 Å². The van der Waals surface area contributed by atoms with Crippen LogP contribution in [0, 0.1) is 0 Å². The first-order chi connectivity index (χ1) is 9.45. The van der Waals surface area contributed by atoms with Gasteiger partial charge in [-0.3, -0.25) is 4.79 Å². The highest BCUT2D eigenvalue weighted by Crippen LogP contribution is 2.20. The van der Waals surface area contributed by atoms with Gasteiger partial charge in [-0.25, -0.2) is 4.79 Å². The van der Waals surface area contributed by atoms with Crippen LogP contribution < -0.4 is 0 Å². The summed E-state index contributed by atoms with van der Waals surface area (Å²) in [6.45, 7) is 3.22. The van der Waals surface area contributed by atoms with E-state index in [1.165, 1.54) is 13.0 Å². The third kappa shape index (κ3) is 4.94. The molecule has 20 heavy (non-hydrogen) atoms. The van der Waals surface area contributed by atoms with Crippen LogP contribution in [0.1, 0.15) is 39.5 Å². The average Bonchev–Trinajstić information content (AvgIpc) is 2.41. The number of aliphatic hydroxyl groups excluding tert-OH is 2. The van der Waals surface area contributed by atoms with Gasteiger partial charge in [-0.05, 0) is 12.8 Å². The van der Waals surface area contributed by atoms with Crippen LogP contribution in [-0.2, 0) is 19.1 Å². The largest absolute Gasteiger partial charge is 0.460 e. The number of hydrogen-bond acceptors (Lipinski definition) is 6. The van der Waals surface area contributed by atoms with Crippen LogP contribution in [0.3, 0.4) is 0 Å². The molecule has 1 aliphatic heterocycles. The molecule has 0 aliphatic carbocycles. The Bertz CT molecular complexity index is 365. The molecule has 0 bridgehead atoms. The van der Waals surface area contributed by atoms with E-state index in [2.05, 4.69) is 0 Å². The van der Waals surface area contributed by atoms with Crippen LogP contribution in [-0.4, -0.2) is 46.6 Å². The van der Waals surface area contributed by atoms with Crippen LogP contribution >= 0.6 is 0 Å². The molecule has 2 N–H and O–H groups in total. The molecule has 0 unspecified atom stereocenters. The third-order valence-electron chi connectivity index (χ3n) is 3.16. The molecule has 0 aromatic heterocycles. The van der Waals surface area contributed by atoms with Gasteiger partial charge in [0, 0.05) is 19.4 Å². The SMILES string of the molecule is CCCC[C@H](OC(C)=O)[C@H](O)[C@H](O)[C@@H]1CC=CC(=O)O1. The summed E-state index contributed by atoms with van der Waals surface area (Å²) in [5.41, 5.74) is 0. The van der Waals surface area contributed by atoms with E-state index in [1.54, 1.807) is 6.08 Å². The first-order valence-corrected chi connectivity index (χ1v) is 6.86. The molecule has 0 saturated heterocycles. The van der Waals surface area contributed by atoms with Crippen molar-refractivity contribution >= 4 is 11.9 Å². The summed E-state index contributed by atoms with van der Waals surface area (Å²) < 4.78 is 10.00. The summed E-state index contributed by atoms with van der Waals surface area (Å²) in [6, 6.07) is 0. The minimum atomic E-state index is -1.29. The molecule has 6 heteroatoms. The van der Waals surface area contributed by atoms with E-state index in [-0.39, 0.29) is 0 Å². The van der Waals surface area contributed by atoms with Gasteiger partial charge in [-0.15, -0.1) is 0 Å². The van der Waals surface area contributed by atoms with Crippen LogP contribution in [0.5, 0.6) is 0 Å². The lowest BCUT2D eigenvalue weighted by Gasteiger charge is -2.31. The van der Waals surface area contributed by atoms with E-state index in [9.17, 15) is 19.8 Å². The van der Waals surface area contributed by atoms with Gasteiger partial charge < -0.3 is 19.7 Å². The molecule has 0 fully saturated rings. The lowest BCUT2D eigenvalue weighted by molar-refractivity contribution is -0.172. The molecule has 0 spiro atoms. The number of esters is 2. The molecule has 0 amide bonds. The molecule has 6 nitrogen and oxygen atoms in total. The van der Waals surface area contributed by atoms with Gasteiger partial charge in [-0.2, -0.15) is 0 Å². The van der Waals surface area contributed by atoms with Gasteiger partial charge in [-0.1, -0.05) is 19.4 Å². The van der Waals surface area contributed by atoms with Crippen molar-refractivity contribution in [3.63, 3.8) is 0 Å². The Morgan fingerprint density at radius 3 is 2.80 bits per heavy atom. The Kier molecular flexibility index (Phi) is 6.67.